The minimum absolute atomic E-state index is 0.0727. The molecule has 1 spiro atoms. The number of alkyl halides is 3. The van der Waals surface area contributed by atoms with Crippen LogP contribution < -0.4 is 5.32 Å². The molecule has 1 heterocycles. The Labute approximate surface area is 234 Å². The van der Waals surface area contributed by atoms with Gasteiger partial charge in [-0.15, -0.1) is 0 Å². The quantitative estimate of drug-likeness (QED) is 0.454. The van der Waals surface area contributed by atoms with Crippen LogP contribution in [0, 0.1) is 5.82 Å². The van der Waals surface area contributed by atoms with E-state index in [0.717, 1.165) is 19.1 Å². The summed E-state index contributed by atoms with van der Waals surface area (Å²) in [6, 6.07) is 6.86. The van der Waals surface area contributed by atoms with E-state index in [0.29, 0.717) is 46.1 Å². The zero-order chi connectivity index (χ0) is 30.1. The lowest BCUT2D eigenvalue weighted by Crippen LogP contribution is -2.51. The maximum Gasteiger partial charge on any atom is 0.418 e. The van der Waals surface area contributed by atoms with Crippen LogP contribution >= 0.6 is 0 Å². The SMILES string of the molecule is CCN(CC)C(=O)Nc1ccc2c(c1)CC[C@@]21OC(=O)N(CC(=O)N(Cc2ccc(F)cc2)[C@@H](C)C(F)(F)F)C1=O. The summed E-state index contributed by atoms with van der Waals surface area (Å²) in [4.78, 5) is 54.5. The molecule has 2 aliphatic rings. The number of carbonyl (C=O) groups is 4. The van der Waals surface area contributed by atoms with Crippen LogP contribution in [0.25, 0.3) is 0 Å². The lowest BCUT2D eigenvalue weighted by molar-refractivity contribution is -0.187. The van der Waals surface area contributed by atoms with E-state index in [1.165, 1.54) is 12.1 Å². The van der Waals surface area contributed by atoms with Crippen LogP contribution in [-0.2, 0) is 32.9 Å². The van der Waals surface area contributed by atoms with Crippen molar-refractivity contribution in [2.75, 3.05) is 25.0 Å². The Morgan fingerprint density at radius 2 is 1.76 bits per heavy atom. The Kier molecular flexibility index (Phi) is 8.27. The number of aryl methyl sites for hydroxylation is 1. The van der Waals surface area contributed by atoms with E-state index in [1.54, 1.807) is 23.1 Å². The van der Waals surface area contributed by atoms with Crippen LogP contribution in [0.2, 0.25) is 0 Å². The Hall–Kier alpha value is -4.16. The molecule has 1 aliphatic carbocycles. The van der Waals surface area contributed by atoms with Crippen molar-refractivity contribution in [2.24, 2.45) is 0 Å². The fourth-order valence-electron chi connectivity index (χ4n) is 5.07. The van der Waals surface area contributed by atoms with Gasteiger partial charge in [-0.1, -0.05) is 18.2 Å². The number of anilines is 1. The number of imide groups is 1. The summed E-state index contributed by atoms with van der Waals surface area (Å²) in [6.45, 7) is 4.02. The van der Waals surface area contributed by atoms with Crippen LogP contribution in [-0.4, -0.2) is 70.5 Å². The van der Waals surface area contributed by atoms with Crippen molar-refractivity contribution in [1.29, 1.82) is 0 Å². The summed E-state index contributed by atoms with van der Waals surface area (Å²) in [5.41, 5.74) is 0.0417. The number of fused-ring (bicyclic) bond motifs is 2. The summed E-state index contributed by atoms with van der Waals surface area (Å²) in [5, 5.41) is 2.79. The van der Waals surface area contributed by atoms with Crippen molar-refractivity contribution in [3.63, 3.8) is 0 Å². The molecule has 2 aromatic carbocycles. The highest BCUT2D eigenvalue weighted by Gasteiger charge is 2.58. The minimum atomic E-state index is -4.80. The van der Waals surface area contributed by atoms with Crippen molar-refractivity contribution in [1.82, 2.24) is 14.7 Å². The lowest BCUT2D eigenvalue weighted by Gasteiger charge is -2.31. The van der Waals surface area contributed by atoms with Gasteiger partial charge in [0, 0.05) is 37.3 Å². The molecule has 2 aromatic rings. The molecule has 4 rings (SSSR count). The van der Waals surface area contributed by atoms with E-state index in [2.05, 4.69) is 5.32 Å². The molecular formula is C28H30F4N4O5. The molecule has 220 valence electrons. The Bertz CT molecular complexity index is 1350. The first-order valence-corrected chi connectivity index (χ1v) is 13.2. The van der Waals surface area contributed by atoms with Gasteiger partial charge in [0.2, 0.25) is 11.5 Å². The predicted octanol–water partition coefficient (Wildman–Crippen LogP) is 4.80. The monoisotopic (exact) mass is 578 g/mol. The lowest BCUT2D eigenvalue weighted by atomic mass is 9.94. The van der Waals surface area contributed by atoms with Gasteiger partial charge in [0.05, 0.1) is 0 Å². The number of nitrogens with one attached hydrogen (secondary N) is 1. The van der Waals surface area contributed by atoms with Gasteiger partial charge in [0.1, 0.15) is 18.4 Å². The molecule has 5 amide bonds. The van der Waals surface area contributed by atoms with Crippen molar-refractivity contribution in [2.45, 2.75) is 58.0 Å². The van der Waals surface area contributed by atoms with E-state index in [9.17, 15) is 36.7 Å². The smallest absolute Gasteiger partial charge is 0.418 e. The van der Waals surface area contributed by atoms with Crippen LogP contribution in [0.5, 0.6) is 0 Å². The van der Waals surface area contributed by atoms with E-state index in [4.69, 9.17) is 4.74 Å². The van der Waals surface area contributed by atoms with Gasteiger partial charge in [-0.05, 0) is 62.6 Å². The van der Waals surface area contributed by atoms with E-state index < -0.39 is 54.6 Å². The molecular weight excluding hydrogens is 548 g/mol. The summed E-state index contributed by atoms with van der Waals surface area (Å²) in [7, 11) is 0. The summed E-state index contributed by atoms with van der Waals surface area (Å²) >= 11 is 0. The average Bonchev–Trinajstić information content (AvgIpc) is 3.39. The zero-order valence-electron chi connectivity index (χ0n) is 22.8. The molecule has 1 saturated heterocycles. The van der Waals surface area contributed by atoms with Crippen LogP contribution in [0.4, 0.5) is 32.8 Å². The molecule has 1 N–H and O–H groups in total. The third-order valence-electron chi connectivity index (χ3n) is 7.48. The second kappa shape index (κ2) is 11.4. The van der Waals surface area contributed by atoms with Crippen molar-refractivity contribution in [3.8, 4) is 0 Å². The fraction of sp³-hybridized carbons (Fsp3) is 0.429. The number of hydrogen-bond acceptors (Lipinski definition) is 5. The molecule has 13 heteroatoms. The zero-order valence-corrected chi connectivity index (χ0v) is 22.8. The van der Waals surface area contributed by atoms with E-state index in [-0.39, 0.29) is 18.0 Å². The number of ether oxygens (including phenoxy) is 1. The first kappa shape index (κ1) is 29.8. The number of carbonyl (C=O) groups excluding carboxylic acids is 4. The summed E-state index contributed by atoms with van der Waals surface area (Å²) < 4.78 is 59.7. The largest absolute Gasteiger partial charge is 0.427 e. The van der Waals surface area contributed by atoms with Gasteiger partial charge in [-0.2, -0.15) is 13.2 Å². The molecule has 0 unspecified atom stereocenters. The number of nitrogens with zero attached hydrogens (tertiary/aromatic N) is 3. The molecule has 0 radical (unpaired) electrons. The molecule has 0 saturated carbocycles. The Balaban J connectivity index is 1.54. The highest BCUT2D eigenvalue weighted by atomic mass is 19.4. The molecule has 1 aliphatic heterocycles. The maximum absolute atomic E-state index is 13.6. The number of urea groups is 1. The molecule has 0 bridgehead atoms. The molecule has 0 aromatic heterocycles. The second-order valence-electron chi connectivity index (χ2n) is 9.93. The highest BCUT2D eigenvalue weighted by molar-refractivity contribution is 6.06. The average molecular weight is 579 g/mol. The standard InChI is InChI=1S/C28H30F4N4O5/c1-4-34(5-2)25(39)33-21-10-11-22-19(14-21)12-13-27(22)24(38)36(26(40)41-27)16-23(37)35(17(3)28(30,31)32)15-18-6-8-20(29)9-7-18/h6-11,14,17H,4-5,12-13,15-16H2,1-3H3,(H,33,39)/t17-,27+/m0/s1. The summed E-state index contributed by atoms with van der Waals surface area (Å²) in [5.74, 6) is -2.58. The molecule has 2 atom stereocenters. The normalized spacial score (nSPS) is 18.8. The summed E-state index contributed by atoms with van der Waals surface area (Å²) in [6.07, 6.45) is -5.54. The van der Waals surface area contributed by atoms with Gasteiger partial charge < -0.3 is 19.9 Å². The minimum Gasteiger partial charge on any atom is -0.427 e. The Morgan fingerprint density at radius 1 is 1.10 bits per heavy atom. The third kappa shape index (κ3) is 5.84. The first-order chi connectivity index (χ1) is 19.3. The first-order valence-electron chi connectivity index (χ1n) is 13.2. The highest BCUT2D eigenvalue weighted by Crippen LogP contribution is 2.46. The topological polar surface area (TPSA) is 99.3 Å². The van der Waals surface area contributed by atoms with Crippen LogP contribution in [0.1, 0.15) is 43.9 Å². The number of hydrogen-bond donors (Lipinski definition) is 1. The number of benzene rings is 2. The van der Waals surface area contributed by atoms with Gasteiger partial charge in [-0.25, -0.2) is 18.9 Å². The number of halogens is 4. The van der Waals surface area contributed by atoms with Crippen LogP contribution in [0.15, 0.2) is 42.5 Å². The number of amides is 5. The molecule has 1 fully saturated rings. The van der Waals surface area contributed by atoms with E-state index >= 15 is 0 Å². The fourth-order valence-corrected chi connectivity index (χ4v) is 5.07. The van der Waals surface area contributed by atoms with Crippen molar-refractivity contribution in [3.05, 3.63) is 65.0 Å². The van der Waals surface area contributed by atoms with Crippen molar-refractivity contribution >= 4 is 29.6 Å². The maximum atomic E-state index is 13.6. The van der Waals surface area contributed by atoms with Crippen molar-refractivity contribution < 1.29 is 41.5 Å². The van der Waals surface area contributed by atoms with Gasteiger partial charge in [-0.3, -0.25) is 9.59 Å². The van der Waals surface area contributed by atoms with Gasteiger partial charge in [0.15, 0.2) is 0 Å². The predicted molar refractivity (Wildman–Crippen MR) is 139 cm³/mol. The second-order valence-corrected chi connectivity index (χ2v) is 9.93. The van der Waals surface area contributed by atoms with Gasteiger partial charge in [0.25, 0.3) is 5.91 Å². The third-order valence-corrected chi connectivity index (χ3v) is 7.48. The number of rotatable bonds is 8. The van der Waals surface area contributed by atoms with Crippen LogP contribution in [0.3, 0.4) is 0 Å². The Morgan fingerprint density at radius 3 is 2.37 bits per heavy atom. The van der Waals surface area contributed by atoms with Gasteiger partial charge >= 0.3 is 18.3 Å². The molecule has 9 nitrogen and oxygen atoms in total. The van der Waals surface area contributed by atoms with E-state index in [1.807, 2.05) is 13.8 Å². The molecule has 41 heavy (non-hydrogen) atoms.